The van der Waals surface area contributed by atoms with Crippen molar-refractivity contribution < 1.29 is 18.4 Å². The highest BCUT2D eigenvalue weighted by Gasteiger charge is 2.20. The molecular weight excluding hydrogens is 246 g/mol. The van der Waals surface area contributed by atoms with Crippen molar-refractivity contribution in [3.8, 4) is 5.75 Å². The molecule has 1 aromatic rings. The summed E-state index contributed by atoms with van der Waals surface area (Å²) in [5.41, 5.74) is -0.842. The molecule has 1 rings (SSSR count). The fraction of sp³-hybridized carbons (Fsp3) is 0.455. The highest BCUT2D eigenvalue weighted by molar-refractivity contribution is 5.44. The van der Waals surface area contributed by atoms with Crippen molar-refractivity contribution in [2.45, 2.75) is 19.5 Å². The number of rotatable bonds is 6. The van der Waals surface area contributed by atoms with Gasteiger partial charge in [0.05, 0.1) is 10.5 Å². The van der Waals surface area contributed by atoms with Crippen LogP contribution in [-0.2, 0) is 0 Å². The lowest BCUT2D eigenvalue weighted by Gasteiger charge is -2.16. The number of ether oxygens (including phenoxy) is 1. The normalized spacial score (nSPS) is 12.5. The Balaban J connectivity index is 3.00. The van der Waals surface area contributed by atoms with Gasteiger partial charge >= 0.3 is 0 Å². The highest BCUT2D eigenvalue weighted by atomic mass is 19.3. The van der Waals surface area contributed by atoms with Gasteiger partial charge in [-0.15, -0.1) is 0 Å². The van der Waals surface area contributed by atoms with E-state index >= 15 is 0 Å². The number of nitrogens with one attached hydrogen (secondary N) is 1. The van der Waals surface area contributed by atoms with Crippen LogP contribution in [0.1, 0.15) is 18.9 Å². The summed E-state index contributed by atoms with van der Waals surface area (Å²) in [4.78, 5) is 9.81. The number of nitro groups is 1. The van der Waals surface area contributed by atoms with Crippen LogP contribution in [0.2, 0.25) is 0 Å². The standard InChI is InChI=1S/C11H14F2N2O3/c1-7(6-14-2)18-10-4-3-8(15(16)17)5-9(10)11(12)13/h3-5,7,11,14H,6H2,1-2H3. The summed E-state index contributed by atoms with van der Waals surface area (Å²) in [6, 6.07) is 3.19. The fourth-order valence-electron chi connectivity index (χ4n) is 1.47. The number of non-ortho nitro benzene ring substituents is 1. The largest absolute Gasteiger partial charge is 0.489 e. The molecule has 0 aliphatic carbocycles. The molecule has 0 amide bonds. The van der Waals surface area contributed by atoms with E-state index in [1.807, 2.05) is 0 Å². The van der Waals surface area contributed by atoms with Crippen molar-refractivity contribution in [2.75, 3.05) is 13.6 Å². The predicted molar refractivity (Wildman–Crippen MR) is 62.1 cm³/mol. The molecule has 1 N–H and O–H groups in total. The van der Waals surface area contributed by atoms with Crippen LogP contribution in [0.15, 0.2) is 18.2 Å². The topological polar surface area (TPSA) is 64.4 Å². The average molecular weight is 260 g/mol. The average Bonchev–Trinajstić information content (AvgIpc) is 2.29. The zero-order valence-electron chi connectivity index (χ0n) is 10.0. The summed E-state index contributed by atoms with van der Waals surface area (Å²) >= 11 is 0. The summed E-state index contributed by atoms with van der Waals surface area (Å²) < 4.78 is 30.9. The summed E-state index contributed by atoms with van der Waals surface area (Å²) in [6.45, 7) is 2.20. The molecule has 0 fully saturated rings. The summed E-state index contributed by atoms with van der Waals surface area (Å²) in [5.74, 6) is -0.0293. The second-order valence-corrected chi connectivity index (χ2v) is 3.77. The zero-order valence-corrected chi connectivity index (χ0v) is 10.0. The van der Waals surface area contributed by atoms with Gasteiger partial charge in [0.2, 0.25) is 0 Å². The molecule has 0 aromatic heterocycles. The first-order valence-corrected chi connectivity index (χ1v) is 5.33. The maximum atomic E-state index is 12.8. The maximum absolute atomic E-state index is 12.8. The molecule has 1 unspecified atom stereocenters. The number of likely N-dealkylation sites (N-methyl/N-ethyl adjacent to an activating group) is 1. The van der Waals surface area contributed by atoms with Gasteiger partial charge in [-0.1, -0.05) is 0 Å². The molecule has 0 saturated heterocycles. The van der Waals surface area contributed by atoms with E-state index in [1.54, 1.807) is 14.0 Å². The maximum Gasteiger partial charge on any atom is 0.270 e. The smallest absolute Gasteiger partial charge is 0.270 e. The molecule has 5 nitrogen and oxygen atoms in total. The number of alkyl halides is 2. The van der Waals surface area contributed by atoms with Crippen molar-refractivity contribution in [1.82, 2.24) is 5.32 Å². The Bertz CT molecular complexity index is 427. The van der Waals surface area contributed by atoms with E-state index in [0.29, 0.717) is 6.54 Å². The fourth-order valence-corrected chi connectivity index (χ4v) is 1.47. The lowest BCUT2D eigenvalue weighted by atomic mass is 10.2. The van der Waals surface area contributed by atoms with Gasteiger partial charge in [-0.25, -0.2) is 8.78 Å². The molecule has 0 spiro atoms. The van der Waals surface area contributed by atoms with Gasteiger partial charge in [-0.3, -0.25) is 10.1 Å². The Morgan fingerprint density at radius 3 is 2.67 bits per heavy atom. The second kappa shape index (κ2) is 6.25. The molecular formula is C11H14F2N2O3. The third-order valence-electron chi connectivity index (χ3n) is 2.26. The van der Waals surface area contributed by atoms with Gasteiger partial charge in [0.25, 0.3) is 12.1 Å². The van der Waals surface area contributed by atoms with E-state index in [0.717, 1.165) is 12.1 Å². The minimum Gasteiger partial charge on any atom is -0.489 e. The first-order chi connectivity index (χ1) is 8.45. The second-order valence-electron chi connectivity index (χ2n) is 3.77. The quantitative estimate of drug-likeness (QED) is 0.630. The van der Waals surface area contributed by atoms with Gasteiger partial charge in [-0.2, -0.15) is 0 Å². The number of hydrogen-bond donors (Lipinski definition) is 1. The van der Waals surface area contributed by atoms with E-state index < -0.39 is 16.9 Å². The van der Waals surface area contributed by atoms with Crippen molar-refractivity contribution in [3.63, 3.8) is 0 Å². The zero-order chi connectivity index (χ0) is 13.7. The van der Waals surface area contributed by atoms with Crippen molar-refractivity contribution in [3.05, 3.63) is 33.9 Å². The number of halogens is 2. The third kappa shape index (κ3) is 3.63. The van der Waals surface area contributed by atoms with Crippen molar-refractivity contribution in [1.29, 1.82) is 0 Å². The summed E-state index contributed by atoms with van der Waals surface area (Å²) in [7, 11) is 1.71. The first kappa shape index (κ1) is 14.3. The third-order valence-corrected chi connectivity index (χ3v) is 2.26. The minimum absolute atomic E-state index is 0.0293. The van der Waals surface area contributed by atoms with Gasteiger partial charge in [-0.05, 0) is 20.0 Å². The molecule has 1 atom stereocenters. The minimum atomic E-state index is -2.82. The molecule has 1 aromatic carbocycles. The number of nitro benzene ring substituents is 1. The summed E-state index contributed by atoms with van der Waals surface area (Å²) in [6.07, 6.45) is -3.13. The van der Waals surface area contributed by atoms with Crippen LogP contribution >= 0.6 is 0 Å². The molecule has 18 heavy (non-hydrogen) atoms. The van der Waals surface area contributed by atoms with E-state index in [4.69, 9.17) is 4.74 Å². The lowest BCUT2D eigenvalue weighted by Crippen LogP contribution is -2.26. The lowest BCUT2D eigenvalue weighted by molar-refractivity contribution is -0.385. The summed E-state index contributed by atoms with van der Waals surface area (Å²) in [5, 5.41) is 13.4. The van der Waals surface area contributed by atoms with Gasteiger partial charge in [0.1, 0.15) is 11.9 Å². The Kier molecular flexibility index (Phi) is 4.96. The highest BCUT2D eigenvalue weighted by Crippen LogP contribution is 2.32. The number of hydrogen-bond acceptors (Lipinski definition) is 4. The van der Waals surface area contributed by atoms with Crippen molar-refractivity contribution >= 4 is 5.69 Å². The molecule has 0 aliphatic rings. The van der Waals surface area contributed by atoms with Crippen LogP contribution in [0.25, 0.3) is 0 Å². The molecule has 7 heteroatoms. The van der Waals surface area contributed by atoms with Crippen LogP contribution < -0.4 is 10.1 Å². The molecule has 100 valence electrons. The molecule has 0 aliphatic heterocycles. The Morgan fingerprint density at radius 2 is 2.17 bits per heavy atom. The SMILES string of the molecule is CNCC(C)Oc1ccc([N+](=O)[O-])cc1C(F)F. The molecule has 0 radical (unpaired) electrons. The van der Waals surface area contributed by atoms with Crippen LogP contribution in [0.5, 0.6) is 5.75 Å². The van der Waals surface area contributed by atoms with E-state index in [-0.39, 0.29) is 17.5 Å². The molecule has 0 heterocycles. The van der Waals surface area contributed by atoms with Crippen molar-refractivity contribution in [2.24, 2.45) is 0 Å². The predicted octanol–water partition coefficient (Wildman–Crippen LogP) is 2.52. The van der Waals surface area contributed by atoms with E-state index in [2.05, 4.69) is 5.32 Å². The van der Waals surface area contributed by atoms with Crippen LogP contribution in [-0.4, -0.2) is 24.6 Å². The Labute approximate surface area is 103 Å². The molecule has 0 bridgehead atoms. The van der Waals surface area contributed by atoms with E-state index in [1.165, 1.54) is 6.07 Å². The Morgan fingerprint density at radius 1 is 1.50 bits per heavy atom. The number of benzene rings is 1. The first-order valence-electron chi connectivity index (χ1n) is 5.33. The van der Waals surface area contributed by atoms with Gasteiger partial charge in [0.15, 0.2) is 0 Å². The van der Waals surface area contributed by atoms with E-state index in [9.17, 15) is 18.9 Å². The van der Waals surface area contributed by atoms with Gasteiger partial charge < -0.3 is 10.1 Å². The van der Waals surface area contributed by atoms with Crippen LogP contribution in [0.4, 0.5) is 14.5 Å². The Hall–Kier alpha value is -1.76. The van der Waals surface area contributed by atoms with Crippen LogP contribution in [0, 0.1) is 10.1 Å². The molecule has 0 saturated carbocycles. The van der Waals surface area contributed by atoms with Gasteiger partial charge in [0, 0.05) is 18.7 Å². The number of nitrogens with zero attached hydrogens (tertiary/aromatic N) is 1. The monoisotopic (exact) mass is 260 g/mol. The van der Waals surface area contributed by atoms with Crippen LogP contribution in [0.3, 0.4) is 0 Å².